The quantitative estimate of drug-likeness (QED) is 0.611. The lowest BCUT2D eigenvalue weighted by Gasteiger charge is -2.17. The summed E-state index contributed by atoms with van der Waals surface area (Å²) in [6.07, 6.45) is -1.38. The SMILES string of the molecule is CC(F)C(=O)N[Si](C)(C)C. The summed E-state index contributed by atoms with van der Waals surface area (Å²) in [5.74, 6) is -0.487. The van der Waals surface area contributed by atoms with E-state index in [1.54, 1.807) is 0 Å². The van der Waals surface area contributed by atoms with Crippen LogP contribution in [0, 0.1) is 0 Å². The van der Waals surface area contributed by atoms with E-state index in [1.807, 2.05) is 19.6 Å². The Bertz CT molecular complexity index is 130. The standard InChI is InChI=1S/C6H14FNOSi/c1-5(7)6(9)8-10(2,3)4/h5H,1-4H3,(H,8,9). The van der Waals surface area contributed by atoms with Crippen molar-refractivity contribution in [1.82, 2.24) is 4.98 Å². The molecule has 0 rings (SSSR count). The first-order valence-corrected chi connectivity index (χ1v) is 6.79. The molecule has 0 heterocycles. The van der Waals surface area contributed by atoms with Crippen molar-refractivity contribution in [2.24, 2.45) is 0 Å². The fraction of sp³-hybridized carbons (Fsp3) is 0.833. The van der Waals surface area contributed by atoms with Gasteiger partial charge in [0.2, 0.25) is 5.91 Å². The highest BCUT2D eigenvalue weighted by Crippen LogP contribution is 1.96. The van der Waals surface area contributed by atoms with Gasteiger partial charge in [0.25, 0.3) is 0 Å². The summed E-state index contributed by atoms with van der Waals surface area (Å²) in [4.78, 5) is 13.4. The van der Waals surface area contributed by atoms with Crippen LogP contribution in [-0.2, 0) is 4.79 Å². The maximum absolute atomic E-state index is 12.2. The zero-order chi connectivity index (χ0) is 8.36. The van der Waals surface area contributed by atoms with E-state index in [0.29, 0.717) is 0 Å². The first-order valence-electron chi connectivity index (χ1n) is 3.29. The molecule has 60 valence electrons. The molecule has 0 aromatic carbocycles. The van der Waals surface area contributed by atoms with E-state index in [0.717, 1.165) is 0 Å². The van der Waals surface area contributed by atoms with Crippen LogP contribution in [0.5, 0.6) is 0 Å². The largest absolute Gasteiger partial charge is 0.380 e. The van der Waals surface area contributed by atoms with Crippen LogP contribution in [0.3, 0.4) is 0 Å². The smallest absolute Gasteiger partial charge is 0.246 e. The summed E-state index contributed by atoms with van der Waals surface area (Å²) in [5, 5.41) is 0. The van der Waals surface area contributed by atoms with Gasteiger partial charge in [-0.15, -0.1) is 0 Å². The Hall–Kier alpha value is -0.383. The molecule has 2 nitrogen and oxygen atoms in total. The predicted octanol–water partition coefficient (Wildman–Crippen LogP) is 1.30. The zero-order valence-corrected chi connectivity index (χ0v) is 7.86. The Morgan fingerprint density at radius 3 is 2.00 bits per heavy atom. The van der Waals surface area contributed by atoms with Crippen LogP contribution in [0.25, 0.3) is 0 Å². The Morgan fingerprint density at radius 2 is 1.90 bits per heavy atom. The van der Waals surface area contributed by atoms with Crippen molar-refractivity contribution in [3.63, 3.8) is 0 Å². The molecule has 4 heteroatoms. The van der Waals surface area contributed by atoms with Crippen LogP contribution in [0.2, 0.25) is 19.6 Å². The molecular weight excluding hydrogens is 149 g/mol. The fourth-order valence-corrected chi connectivity index (χ4v) is 1.41. The molecule has 1 atom stereocenters. The number of amides is 1. The molecule has 0 radical (unpaired) electrons. The van der Waals surface area contributed by atoms with Gasteiger partial charge in [-0.25, -0.2) is 4.39 Å². The Morgan fingerprint density at radius 1 is 1.50 bits per heavy atom. The van der Waals surface area contributed by atoms with Gasteiger partial charge in [0.1, 0.15) is 8.24 Å². The summed E-state index contributed by atoms with van der Waals surface area (Å²) in [6, 6.07) is 0. The summed E-state index contributed by atoms with van der Waals surface area (Å²) in [7, 11) is -1.62. The summed E-state index contributed by atoms with van der Waals surface area (Å²) in [6.45, 7) is 7.10. The van der Waals surface area contributed by atoms with Crippen molar-refractivity contribution in [3.8, 4) is 0 Å². The molecule has 0 aliphatic rings. The van der Waals surface area contributed by atoms with E-state index in [1.165, 1.54) is 6.92 Å². The van der Waals surface area contributed by atoms with Crippen LogP contribution in [0.15, 0.2) is 0 Å². The average molecular weight is 163 g/mol. The van der Waals surface area contributed by atoms with Crippen molar-refractivity contribution < 1.29 is 9.18 Å². The normalized spacial score (nSPS) is 14.5. The van der Waals surface area contributed by atoms with Gasteiger partial charge in [-0.3, -0.25) is 4.79 Å². The van der Waals surface area contributed by atoms with Crippen LogP contribution in [0.1, 0.15) is 6.92 Å². The van der Waals surface area contributed by atoms with Gasteiger partial charge in [0.15, 0.2) is 6.17 Å². The third-order valence-electron chi connectivity index (χ3n) is 0.859. The highest BCUT2D eigenvalue weighted by Gasteiger charge is 2.19. The molecule has 1 N–H and O–H groups in total. The molecule has 0 aromatic heterocycles. The van der Waals surface area contributed by atoms with Crippen molar-refractivity contribution in [1.29, 1.82) is 0 Å². The maximum Gasteiger partial charge on any atom is 0.246 e. The topological polar surface area (TPSA) is 29.1 Å². The highest BCUT2D eigenvalue weighted by molar-refractivity contribution is 6.75. The average Bonchev–Trinajstić information content (AvgIpc) is 1.60. The molecule has 1 amide bonds. The number of nitrogens with one attached hydrogen (secondary N) is 1. The molecule has 0 bridgehead atoms. The van der Waals surface area contributed by atoms with Crippen LogP contribution in [0.4, 0.5) is 4.39 Å². The molecule has 0 fully saturated rings. The van der Waals surface area contributed by atoms with Gasteiger partial charge < -0.3 is 4.98 Å². The minimum absolute atomic E-state index is 0.487. The summed E-state index contributed by atoms with van der Waals surface area (Å²) in [5.41, 5.74) is 0. The molecule has 0 aliphatic carbocycles. The van der Waals surface area contributed by atoms with E-state index in [9.17, 15) is 9.18 Å². The Balaban J connectivity index is 3.81. The molecule has 1 unspecified atom stereocenters. The van der Waals surface area contributed by atoms with Crippen molar-refractivity contribution in [3.05, 3.63) is 0 Å². The minimum atomic E-state index is -1.62. The van der Waals surface area contributed by atoms with Crippen LogP contribution < -0.4 is 4.98 Å². The Labute approximate surface area is 61.9 Å². The Kier molecular flexibility index (Phi) is 3.02. The van der Waals surface area contributed by atoms with Gasteiger partial charge in [-0.2, -0.15) is 0 Å². The van der Waals surface area contributed by atoms with E-state index in [4.69, 9.17) is 0 Å². The second kappa shape index (κ2) is 3.14. The molecule has 0 aromatic rings. The van der Waals surface area contributed by atoms with E-state index >= 15 is 0 Å². The first kappa shape index (κ1) is 9.62. The van der Waals surface area contributed by atoms with Crippen molar-refractivity contribution in [2.45, 2.75) is 32.7 Å². The molecular formula is C6H14FNOSi. The monoisotopic (exact) mass is 163 g/mol. The highest BCUT2D eigenvalue weighted by atomic mass is 28.3. The summed E-state index contributed by atoms with van der Waals surface area (Å²) < 4.78 is 12.2. The first-order chi connectivity index (χ1) is 4.33. The van der Waals surface area contributed by atoms with E-state index in [-0.39, 0.29) is 0 Å². The second-order valence-corrected chi connectivity index (χ2v) is 8.11. The lowest BCUT2D eigenvalue weighted by molar-refractivity contribution is -0.123. The zero-order valence-electron chi connectivity index (χ0n) is 6.86. The molecule has 0 aliphatic heterocycles. The lowest BCUT2D eigenvalue weighted by atomic mass is 10.4. The minimum Gasteiger partial charge on any atom is -0.380 e. The van der Waals surface area contributed by atoms with E-state index < -0.39 is 20.3 Å². The number of carbonyl (C=O) groups is 1. The number of hydrogen-bond acceptors (Lipinski definition) is 1. The van der Waals surface area contributed by atoms with Gasteiger partial charge in [0, 0.05) is 0 Å². The third kappa shape index (κ3) is 4.49. The number of alkyl halides is 1. The molecule has 0 saturated heterocycles. The lowest BCUT2D eigenvalue weighted by Crippen LogP contribution is -2.48. The molecule has 10 heavy (non-hydrogen) atoms. The fourth-order valence-electron chi connectivity index (χ4n) is 0.469. The predicted molar refractivity (Wildman–Crippen MR) is 42.1 cm³/mol. The summed E-state index contributed by atoms with van der Waals surface area (Å²) >= 11 is 0. The maximum atomic E-state index is 12.2. The number of hydrogen-bond donors (Lipinski definition) is 1. The number of halogens is 1. The van der Waals surface area contributed by atoms with Crippen LogP contribution >= 0.6 is 0 Å². The van der Waals surface area contributed by atoms with Gasteiger partial charge in [-0.1, -0.05) is 19.6 Å². The van der Waals surface area contributed by atoms with Gasteiger partial charge in [0.05, 0.1) is 0 Å². The number of carbonyl (C=O) groups excluding carboxylic acids is 1. The van der Waals surface area contributed by atoms with E-state index in [2.05, 4.69) is 4.98 Å². The van der Waals surface area contributed by atoms with Gasteiger partial charge >= 0.3 is 0 Å². The number of rotatable bonds is 2. The molecule has 0 spiro atoms. The second-order valence-electron chi connectivity index (χ2n) is 3.36. The van der Waals surface area contributed by atoms with Crippen molar-refractivity contribution >= 4 is 14.1 Å². The third-order valence-corrected chi connectivity index (χ3v) is 1.86. The molecule has 0 saturated carbocycles. The van der Waals surface area contributed by atoms with Crippen LogP contribution in [-0.4, -0.2) is 20.3 Å². The van der Waals surface area contributed by atoms with Crippen molar-refractivity contribution in [2.75, 3.05) is 0 Å². The van der Waals surface area contributed by atoms with Gasteiger partial charge in [-0.05, 0) is 6.92 Å².